The van der Waals surface area contributed by atoms with Crippen LogP contribution in [0.5, 0.6) is 11.5 Å². The summed E-state index contributed by atoms with van der Waals surface area (Å²) in [6.07, 6.45) is 5.78. The maximum atomic E-state index is 9.31. The number of fused-ring (bicyclic) bond motifs is 1. The molecule has 0 saturated carbocycles. The van der Waals surface area contributed by atoms with E-state index in [1.54, 1.807) is 0 Å². The van der Waals surface area contributed by atoms with Crippen molar-refractivity contribution in [1.82, 2.24) is 5.32 Å². The molecule has 0 bridgehead atoms. The predicted octanol–water partition coefficient (Wildman–Crippen LogP) is 7.67. The lowest BCUT2D eigenvalue weighted by Crippen LogP contribution is -2.28. The van der Waals surface area contributed by atoms with Gasteiger partial charge in [0.1, 0.15) is 17.6 Å². The molecule has 2 unspecified atom stereocenters. The molecule has 3 aromatic rings. The third-order valence-electron chi connectivity index (χ3n) is 7.14. The highest BCUT2D eigenvalue weighted by Crippen LogP contribution is 2.43. The van der Waals surface area contributed by atoms with Crippen molar-refractivity contribution in [3.63, 3.8) is 0 Å². The minimum atomic E-state index is -0.0622. The zero-order valence-corrected chi connectivity index (χ0v) is 22.9. The fraction of sp³-hybridized carbons (Fsp3) is 0.375. The van der Waals surface area contributed by atoms with E-state index in [-0.39, 0.29) is 18.8 Å². The quantitative estimate of drug-likeness (QED) is 0.241. The van der Waals surface area contributed by atoms with Crippen LogP contribution in [-0.2, 0) is 13.0 Å². The van der Waals surface area contributed by atoms with Gasteiger partial charge in [-0.25, -0.2) is 0 Å². The molecule has 2 atom stereocenters. The molecule has 37 heavy (non-hydrogen) atoms. The molecule has 0 aromatic heterocycles. The van der Waals surface area contributed by atoms with E-state index >= 15 is 0 Å². The van der Waals surface area contributed by atoms with Crippen LogP contribution in [0.15, 0.2) is 55.1 Å². The number of unbranched alkanes of at least 4 members (excludes halogenated alkanes) is 1. The molecule has 2 N–H and O–H groups in total. The predicted molar refractivity (Wildman–Crippen MR) is 154 cm³/mol. The average Bonchev–Trinajstić information content (AvgIpc) is 3.32. The van der Waals surface area contributed by atoms with Gasteiger partial charge in [0, 0.05) is 12.6 Å². The van der Waals surface area contributed by atoms with Gasteiger partial charge >= 0.3 is 0 Å². The topological polar surface area (TPSA) is 50.7 Å². The van der Waals surface area contributed by atoms with Crippen LogP contribution >= 0.6 is 11.6 Å². The molecule has 0 fully saturated rings. The summed E-state index contributed by atoms with van der Waals surface area (Å²) in [6, 6.07) is 16.7. The number of aliphatic hydroxyl groups excluding tert-OH is 1. The molecule has 5 heteroatoms. The number of rotatable bonds is 12. The minimum Gasteiger partial charge on any atom is -0.493 e. The number of ether oxygens (including phenoxy) is 2. The summed E-state index contributed by atoms with van der Waals surface area (Å²) in [5, 5.41) is 13.2. The highest BCUT2D eigenvalue weighted by molar-refractivity contribution is 6.32. The molecule has 0 spiro atoms. The van der Waals surface area contributed by atoms with Crippen LogP contribution in [-0.4, -0.2) is 24.4 Å². The lowest BCUT2D eigenvalue weighted by molar-refractivity contribution is 0.207. The van der Waals surface area contributed by atoms with E-state index < -0.39 is 0 Å². The Kier molecular flexibility index (Phi) is 9.31. The third-order valence-corrected chi connectivity index (χ3v) is 7.44. The van der Waals surface area contributed by atoms with Crippen LogP contribution in [0.2, 0.25) is 5.02 Å². The Labute approximate surface area is 226 Å². The number of nitrogens with one attached hydrogen (secondary N) is 1. The van der Waals surface area contributed by atoms with Crippen LogP contribution in [0.1, 0.15) is 67.0 Å². The van der Waals surface area contributed by atoms with Crippen LogP contribution in [0.4, 0.5) is 0 Å². The number of hydrogen-bond acceptors (Lipinski definition) is 4. The number of hydrogen-bond donors (Lipinski definition) is 2. The summed E-state index contributed by atoms with van der Waals surface area (Å²) in [4.78, 5) is 0. The van der Waals surface area contributed by atoms with E-state index in [0.717, 1.165) is 49.2 Å². The van der Waals surface area contributed by atoms with Gasteiger partial charge < -0.3 is 19.9 Å². The van der Waals surface area contributed by atoms with E-state index in [2.05, 4.69) is 62.1 Å². The second-order valence-electron chi connectivity index (χ2n) is 9.80. The van der Waals surface area contributed by atoms with Crippen molar-refractivity contribution in [2.45, 2.75) is 65.1 Å². The van der Waals surface area contributed by atoms with Gasteiger partial charge in [0.15, 0.2) is 0 Å². The summed E-state index contributed by atoms with van der Waals surface area (Å²) >= 11 is 6.68. The van der Waals surface area contributed by atoms with Crippen molar-refractivity contribution in [1.29, 1.82) is 0 Å². The summed E-state index contributed by atoms with van der Waals surface area (Å²) in [5.41, 5.74) is 8.19. The first-order chi connectivity index (χ1) is 18.0. The molecule has 0 amide bonds. The highest BCUT2D eigenvalue weighted by Gasteiger charge is 2.28. The zero-order chi connectivity index (χ0) is 26.4. The molecular formula is C32H38ClNO3. The Balaban J connectivity index is 1.58. The Morgan fingerprint density at radius 3 is 2.70 bits per heavy atom. The molecule has 0 aliphatic heterocycles. The smallest absolute Gasteiger partial charge is 0.139 e. The van der Waals surface area contributed by atoms with Gasteiger partial charge in [-0.1, -0.05) is 67.9 Å². The van der Waals surface area contributed by atoms with Crippen LogP contribution in [0.3, 0.4) is 0 Å². The molecule has 3 aromatic carbocycles. The summed E-state index contributed by atoms with van der Waals surface area (Å²) in [7, 11) is 0. The van der Waals surface area contributed by atoms with Crippen LogP contribution < -0.4 is 14.8 Å². The van der Waals surface area contributed by atoms with Crippen LogP contribution in [0, 0.1) is 6.92 Å². The maximum absolute atomic E-state index is 9.31. The lowest BCUT2D eigenvalue weighted by atomic mass is 9.93. The number of benzene rings is 3. The van der Waals surface area contributed by atoms with Gasteiger partial charge in [-0.15, -0.1) is 0 Å². The second kappa shape index (κ2) is 12.6. The van der Waals surface area contributed by atoms with Gasteiger partial charge in [0.05, 0.1) is 18.2 Å². The monoisotopic (exact) mass is 519 g/mol. The fourth-order valence-corrected chi connectivity index (χ4v) is 5.16. The van der Waals surface area contributed by atoms with Gasteiger partial charge in [-0.3, -0.25) is 0 Å². The van der Waals surface area contributed by atoms with Crippen molar-refractivity contribution < 1.29 is 14.6 Å². The Morgan fingerprint density at radius 2 is 1.95 bits per heavy atom. The van der Waals surface area contributed by atoms with E-state index in [9.17, 15) is 5.11 Å². The van der Waals surface area contributed by atoms with E-state index in [4.69, 9.17) is 21.1 Å². The van der Waals surface area contributed by atoms with E-state index in [1.165, 1.54) is 27.8 Å². The van der Waals surface area contributed by atoms with Gasteiger partial charge in [-0.05, 0) is 90.3 Å². The van der Waals surface area contributed by atoms with E-state index in [0.29, 0.717) is 17.3 Å². The van der Waals surface area contributed by atoms with Crippen molar-refractivity contribution >= 4 is 17.7 Å². The van der Waals surface area contributed by atoms with Crippen molar-refractivity contribution in [3.8, 4) is 22.6 Å². The molecule has 4 nitrogen and oxygen atoms in total. The van der Waals surface area contributed by atoms with Crippen molar-refractivity contribution in [3.05, 3.63) is 87.9 Å². The number of aliphatic hydroxyl groups is 1. The summed E-state index contributed by atoms with van der Waals surface area (Å²) < 4.78 is 12.6. The first-order valence-corrected chi connectivity index (χ1v) is 13.6. The SMILES string of the molecule is C=Cc1cc(OC2CCc3c(-c4cccc(OCCCC)c4C)cccc32)c(Cl)cc1CNC(C)CO. The van der Waals surface area contributed by atoms with Crippen LogP contribution in [0.25, 0.3) is 17.2 Å². The largest absolute Gasteiger partial charge is 0.493 e. The third kappa shape index (κ3) is 6.20. The first kappa shape index (κ1) is 27.3. The summed E-state index contributed by atoms with van der Waals surface area (Å²) in [5.74, 6) is 1.63. The molecule has 1 aliphatic carbocycles. The Hall–Kier alpha value is -2.79. The maximum Gasteiger partial charge on any atom is 0.139 e. The molecular weight excluding hydrogens is 482 g/mol. The van der Waals surface area contributed by atoms with Gasteiger partial charge in [0.2, 0.25) is 0 Å². The second-order valence-corrected chi connectivity index (χ2v) is 10.2. The molecule has 196 valence electrons. The normalized spacial score (nSPS) is 15.3. The summed E-state index contributed by atoms with van der Waals surface area (Å²) in [6.45, 7) is 11.7. The molecule has 0 radical (unpaired) electrons. The molecule has 0 heterocycles. The lowest BCUT2D eigenvalue weighted by Gasteiger charge is -2.19. The van der Waals surface area contributed by atoms with E-state index in [1.807, 2.05) is 25.1 Å². The zero-order valence-electron chi connectivity index (χ0n) is 22.1. The average molecular weight is 520 g/mol. The molecule has 0 saturated heterocycles. The molecule has 4 rings (SSSR count). The van der Waals surface area contributed by atoms with Gasteiger partial charge in [-0.2, -0.15) is 0 Å². The Morgan fingerprint density at radius 1 is 1.16 bits per heavy atom. The van der Waals surface area contributed by atoms with Crippen molar-refractivity contribution in [2.75, 3.05) is 13.2 Å². The highest BCUT2D eigenvalue weighted by atomic mass is 35.5. The first-order valence-electron chi connectivity index (χ1n) is 13.3. The Bertz CT molecular complexity index is 1240. The number of halogens is 1. The van der Waals surface area contributed by atoms with Crippen molar-refractivity contribution in [2.24, 2.45) is 0 Å². The molecule has 1 aliphatic rings. The standard InChI is InChI=1S/C32H38ClNO3/c1-5-7-16-36-30-13-9-10-25(22(30)4)26-11-8-12-28-27(26)14-15-31(28)37-32-18-23(6-2)24(17-29(32)33)19-34-21(3)20-35/h6,8-13,17-18,21,31,34-35H,2,5,7,14-16,19-20H2,1,3-4H3. The fourth-order valence-electron chi connectivity index (χ4n) is 4.93. The minimum absolute atomic E-state index is 0.00351. The van der Waals surface area contributed by atoms with Gasteiger partial charge in [0.25, 0.3) is 0 Å².